The molecule has 5 nitrogen and oxygen atoms in total. The Morgan fingerprint density at radius 2 is 2.05 bits per heavy atom. The number of rotatable bonds is 4. The van der Waals surface area contributed by atoms with Crippen molar-refractivity contribution in [2.45, 2.75) is 44.1 Å². The Morgan fingerprint density at radius 3 is 2.62 bits per heavy atom. The van der Waals surface area contributed by atoms with Gasteiger partial charge in [-0.1, -0.05) is 19.3 Å². The molecule has 1 amide bonds. The van der Waals surface area contributed by atoms with Crippen molar-refractivity contribution in [2.75, 3.05) is 7.05 Å². The summed E-state index contributed by atoms with van der Waals surface area (Å²) in [5, 5.41) is 9.17. The van der Waals surface area contributed by atoms with E-state index in [2.05, 4.69) is 4.98 Å². The molecule has 6 heteroatoms. The third-order valence-corrected chi connectivity index (χ3v) is 4.25. The first kappa shape index (κ1) is 15.4. The average Bonchev–Trinajstić information content (AvgIpc) is 2.46. The van der Waals surface area contributed by atoms with Gasteiger partial charge in [-0.3, -0.25) is 9.59 Å². The fourth-order valence-corrected chi connectivity index (χ4v) is 3.07. The molecular formula is C15H19FN2O3. The standard InChI is InChI=1S/C15H19FN2O3/c1-18(14(21)11-5-8-17-12(16)9-11)15(10-13(19)20)6-3-2-4-7-15/h5,8-9H,2-4,6-7,10H2,1H3,(H,19,20). The number of carboxylic acid groups (broad SMARTS) is 1. The van der Waals surface area contributed by atoms with Gasteiger partial charge in [-0.25, -0.2) is 4.98 Å². The van der Waals surface area contributed by atoms with Gasteiger partial charge in [-0.2, -0.15) is 4.39 Å². The van der Waals surface area contributed by atoms with Crippen LogP contribution in [0.1, 0.15) is 48.9 Å². The summed E-state index contributed by atoms with van der Waals surface area (Å²) in [5.74, 6) is -2.00. The average molecular weight is 294 g/mol. The predicted molar refractivity (Wildman–Crippen MR) is 74.4 cm³/mol. The second-order valence-corrected chi connectivity index (χ2v) is 5.59. The molecule has 21 heavy (non-hydrogen) atoms. The highest BCUT2D eigenvalue weighted by Crippen LogP contribution is 2.36. The highest BCUT2D eigenvalue weighted by molar-refractivity contribution is 5.94. The van der Waals surface area contributed by atoms with Crippen molar-refractivity contribution in [1.29, 1.82) is 0 Å². The third-order valence-electron chi connectivity index (χ3n) is 4.25. The van der Waals surface area contributed by atoms with Crippen LogP contribution in [0.15, 0.2) is 18.3 Å². The lowest BCUT2D eigenvalue weighted by atomic mass is 9.78. The van der Waals surface area contributed by atoms with Crippen LogP contribution in [0.4, 0.5) is 4.39 Å². The largest absolute Gasteiger partial charge is 0.481 e. The zero-order chi connectivity index (χ0) is 15.5. The molecule has 1 aromatic rings. The number of nitrogens with zero attached hydrogens (tertiary/aromatic N) is 2. The molecule has 1 saturated carbocycles. The van der Waals surface area contributed by atoms with E-state index in [4.69, 9.17) is 5.11 Å². The van der Waals surface area contributed by atoms with Crippen LogP contribution in [0, 0.1) is 5.95 Å². The van der Waals surface area contributed by atoms with E-state index >= 15 is 0 Å². The number of carboxylic acids is 1. The molecular weight excluding hydrogens is 275 g/mol. The molecule has 1 aliphatic carbocycles. The SMILES string of the molecule is CN(C(=O)c1ccnc(F)c1)C1(CC(=O)O)CCCCC1. The van der Waals surface area contributed by atoms with Gasteiger partial charge in [0, 0.05) is 24.9 Å². The molecule has 0 radical (unpaired) electrons. The second-order valence-electron chi connectivity index (χ2n) is 5.59. The normalized spacial score (nSPS) is 17.2. The first-order valence-corrected chi connectivity index (χ1v) is 7.06. The van der Waals surface area contributed by atoms with E-state index in [-0.39, 0.29) is 17.9 Å². The van der Waals surface area contributed by atoms with Crippen LogP contribution in [-0.2, 0) is 4.79 Å². The van der Waals surface area contributed by atoms with E-state index in [0.29, 0.717) is 12.8 Å². The van der Waals surface area contributed by atoms with Gasteiger partial charge in [0.2, 0.25) is 5.95 Å². The predicted octanol–water partition coefficient (Wildman–Crippen LogP) is 2.47. The van der Waals surface area contributed by atoms with Crippen molar-refractivity contribution in [2.24, 2.45) is 0 Å². The van der Waals surface area contributed by atoms with Crippen LogP contribution in [0.5, 0.6) is 0 Å². The Labute approximate surface area is 122 Å². The first-order valence-electron chi connectivity index (χ1n) is 7.06. The van der Waals surface area contributed by atoms with E-state index in [0.717, 1.165) is 25.3 Å². The van der Waals surface area contributed by atoms with Gasteiger partial charge in [-0.15, -0.1) is 0 Å². The molecule has 1 fully saturated rings. The minimum Gasteiger partial charge on any atom is -0.481 e. The van der Waals surface area contributed by atoms with E-state index < -0.39 is 17.5 Å². The van der Waals surface area contributed by atoms with Gasteiger partial charge in [0.05, 0.1) is 12.0 Å². The number of halogens is 1. The Bertz CT molecular complexity index is 541. The van der Waals surface area contributed by atoms with Gasteiger partial charge >= 0.3 is 5.97 Å². The molecule has 1 heterocycles. The summed E-state index contributed by atoms with van der Waals surface area (Å²) in [6.45, 7) is 0. The summed E-state index contributed by atoms with van der Waals surface area (Å²) < 4.78 is 13.2. The maximum absolute atomic E-state index is 13.2. The highest BCUT2D eigenvalue weighted by atomic mass is 19.1. The summed E-state index contributed by atoms with van der Waals surface area (Å²) >= 11 is 0. The number of aliphatic carboxylic acids is 1. The van der Waals surface area contributed by atoms with Crippen molar-refractivity contribution < 1.29 is 19.1 Å². The quantitative estimate of drug-likeness (QED) is 0.866. The van der Waals surface area contributed by atoms with Crippen molar-refractivity contribution in [3.05, 3.63) is 29.8 Å². The highest BCUT2D eigenvalue weighted by Gasteiger charge is 2.40. The molecule has 1 aromatic heterocycles. The molecule has 2 rings (SSSR count). The minimum absolute atomic E-state index is 0.0805. The number of aromatic nitrogens is 1. The molecule has 0 atom stereocenters. The summed E-state index contributed by atoms with van der Waals surface area (Å²) in [7, 11) is 1.61. The Kier molecular flexibility index (Phi) is 4.55. The van der Waals surface area contributed by atoms with Gasteiger partial charge in [0.25, 0.3) is 5.91 Å². The fourth-order valence-electron chi connectivity index (χ4n) is 3.07. The number of carbonyl (C=O) groups is 2. The molecule has 114 valence electrons. The number of hydrogen-bond donors (Lipinski definition) is 1. The number of amides is 1. The molecule has 0 unspecified atom stereocenters. The topological polar surface area (TPSA) is 70.5 Å². The lowest BCUT2D eigenvalue weighted by molar-refractivity contribution is -0.140. The zero-order valence-corrected chi connectivity index (χ0v) is 12.0. The van der Waals surface area contributed by atoms with Gasteiger partial charge in [-0.05, 0) is 18.9 Å². The van der Waals surface area contributed by atoms with Crippen molar-refractivity contribution in [3.8, 4) is 0 Å². The minimum atomic E-state index is -0.919. The van der Waals surface area contributed by atoms with Gasteiger partial charge in [0.15, 0.2) is 0 Å². The van der Waals surface area contributed by atoms with E-state index in [1.165, 1.54) is 17.2 Å². The summed E-state index contributed by atoms with van der Waals surface area (Å²) in [4.78, 5) is 28.6. The lowest BCUT2D eigenvalue weighted by Crippen LogP contribution is -2.52. The van der Waals surface area contributed by atoms with E-state index in [9.17, 15) is 14.0 Å². The maximum atomic E-state index is 13.2. The van der Waals surface area contributed by atoms with Crippen LogP contribution in [-0.4, -0.2) is 39.5 Å². The number of hydrogen-bond acceptors (Lipinski definition) is 3. The summed E-state index contributed by atoms with van der Waals surface area (Å²) in [6, 6.07) is 2.52. The van der Waals surface area contributed by atoms with Crippen molar-refractivity contribution in [1.82, 2.24) is 9.88 Å². The summed E-state index contributed by atoms with van der Waals surface area (Å²) in [5.41, 5.74) is -0.485. The second kappa shape index (κ2) is 6.20. The molecule has 1 N–H and O–H groups in total. The van der Waals surface area contributed by atoms with Gasteiger partial charge < -0.3 is 10.0 Å². The van der Waals surface area contributed by atoms with Crippen LogP contribution >= 0.6 is 0 Å². The van der Waals surface area contributed by atoms with Crippen LogP contribution in [0.3, 0.4) is 0 Å². The maximum Gasteiger partial charge on any atom is 0.305 e. The Morgan fingerprint density at radius 1 is 1.38 bits per heavy atom. The monoisotopic (exact) mass is 294 g/mol. The number of pyridine rings is 1. The fraction of sp³-hybridized carbons (Fsp3) is 0.533. The third kappa shape index (κ3) is 3.37. The Hall–Kier alpha value is -1.98. The molecule has 0 aliphatic heterocycles. The van der Waals surface area contributed by atoms with E-state index in [1.54, 1.807) is 7.05 Å². The summed E-state index contributed by atoms with van der Waals surface area (Å²) in [6.07, 6.45) is 5.33. The molecule has 0 bridgehead atoms. The van der Waals surface area contributed by atoms with Crippen LogP contribution < -0.4 is 0 Å². The first-order chi connectivity index (χ1) is 9.94. The molecule has 0 aromatic carbocycles. The number of carbonyl (C=O) groups excluding carboxylic acids is 1. The molecule has 1 aliphatic rings. The van der Waals surface area contributed by atoms with Crippen molar-refractivity contribution in [3.63, 3.8) is 0 Å². The molecule has 0 spiro atoms. The van der Waals surface area contributed by atoms with Crippen LogP contribution in [0.2, 0.25) is 0 Å². The van der Waals surface area contributed by atoms with Crippen molar-refractivity contribution >= 4 is 11.9 Å². The Balaban J connectivity index is 2.27. The van der Waals surface area contributed by atoms with E-state index in [1.807, 2.05) is 0 Å². The van der Waals surface area contributed by atoms with Crippen LogP contribution in [0.25, 0.3) is 0 Å². The lowest BCUT2D eigenvalue weighted by Gasteiger charge is -2.43. The smallest absolute Gasteiger partial charge is 0.305 e. The van der Waals surface area contributed by atoms with Gasteiger partial charge in [0.1, 0.15) is 0 Å². The zero-order valence-electron chi connectivity index (χ0n) is 12.0. The molecule has 0 saturated heterocycles.